The summed E-state index contributed by atoms with van der Waals surface area (Å²) in [6.07, 6.45) is -3.66. The fraction of sp³-hybridized carbons (Fsp3) is 0.333. The van der Waals surface area contributed by atoms with Gasteiger partial charge in [-0.25, -0.2) is 0 Å². The normalized spacial score (nSPS) is 11.2. The highest BCUT2D eigenvalue weighted by Gasteiger charge is 2.28. The molecule has 0 aliphatic rings. The molecule has 0 aliphatic carbocycles. The summed E-state index contributed by atoms with van der Waals surface area (Å²) in [5, 5.41) is 0. The van der Waals surface area contributed by atoms with E-state index in [1.165, 1.54) is 6.07 Å². The lowest BCUT2D eigenvalue weighted by molar-refractivity contribution is -0.153. The van der Waals surface area contributed by atoms with Gasteiger partial charge in [0.05, 0.1) is 0 Å². The van der Waals surface area contributed by atoms with Crippen LogP contribution in [0.25, 0.3) is 0 Å². The Morgan fingerprint density at radius 3 is 2.62 bits per heavy atom. The lowest BCUT2D eigenvalue weighted by Crippen LogP contribution is -2.19. The minimum atomic E-state index is -4.30. The van der Waals surface area contributed by atoms with E-state index in [4.69, 9.17) is 0 Å². The summed E-state index contributed by atoms with van der Waals surface area (Å²) in [5.41, 5.74) is 1.85. The third-order valence-electron chi connectivity index (χ3n) is 1.81. The van der Waals surface area contributed by atoms with Gasteiger partial charge in [-0.2, -0.15) is 13.2 Å². The molecule has 1 nitrogen and oxygen atoms in total. The van der Waals surface area contributed by atoms with Crippen molar-refractivity contribution in [3.63, 3.8) is 0 Å². The largest absolute Gasteiger partial charge is 0.484 e. The Morgan fingerprint density at radius 1 is 1.38 bits per heavy atom. The number of hydrogen-bond donors (Lipinski definition) is 0. The maximum absolute atomic E-state index is 11.9. The molecule has 0 amide bonds. The average molecular weight is 230 g/mol. The van der Waals surface area contributed by atoms with E-state index in [9.17, 15) is 13.2 Å². The summed E-state index contributed by atoms with van der Waals surface area (Å²) >= 11 is 0. The predicted molar refractivity (Wildman–Crippen MR) is 56.5 cm³/mol. The summed E-state index contributed by atoms with van der Waals surface area (Å²) in [6.45, 7) is 4.35. The van der Waals surface area contributed by atoms with Crippen LogP contribution >= 0.6 is 0 Å². The van der Waals surface area contributed by atoms with Gasteiger partial charge >= 0.3 is 6.18 Å². The first-order valence-electron chi connectivity index (χ1n) is 4.80. The molecule has 0 bridgehead atoms. The minimum absolute atomic E-state index is 0.232. The quantitative estimate of drug-likeness (QED) is 0.716. The van der Waals surface area contributed by atoms with Crippen LogP contribution < -0.4 is 4.74 Å². The van der Waals surface area contributed by atoms with Crippen LogP contribution in [0.3, 0.4) is 0 Å². The number of alkyl halides is 3. The third kappa shape index (κ3) is 4.87. The summed E-state index contributed by atoms with van der Waals surface area (Å²) in [6, 6.07) is 6.60. The summed E-state index contributed by atoms with van der Waals surface area (Å²) in [7, 11) is 0. The van der Waals surface area contributed by atoms with E-state index in [1.807, 2.05) is 13.0 Å². The van der Waals surface area contributed by atoms with Crippen LogP contribution in [0.15, 0.2) is 36.4 Å². The van der Waals surface area contributed by atoms with Crippen molar-refractivity contribution in [3.05, 3.63) is 42.0 Å². The Bertz CT molecular complexity index is 369. The first kappa shape index (κ1) is 12.6. The van der Waals surface area contributed by atoms with Crippen molar-refractivity contribution >= 4 is 0 Å². The molecule has 0 aromatic heterocycles. The SMILES string of the molecule is C=C(C)Cc1cccc(OCC(F)(F)F)c1. The highest BCUT2D eigenvalue weighted by molar-refractivity contribution is 5.30. The zero-order valence-electron chi connectivity index (χ0n) is 8.97. The second-order valence-electron chi connectivity index (χ2n) is 3.69. The van der Waals surface area contributed by atoms with Crippen molar-refractivity contribution in [3.8, 4) is 5.75 Å². The van der Waals surface area contributed by atoms with Gasteiger partial charge in [-0.1, -0.05) is 24.3 Å². The summed E-state index contributed by atoms with van der Waals surface area (Å²) in [5.74, 6) is 0.232. The van der Waals surface area contributed by atoms with Crippen molar-refractivity contribution in [2.45, 2.75) is 19.5 Å². The molecule has 0 saturated carbocycles. The summed E-state index contributed by atoms with van der Waals surface area (Å²) < 4.78 is 40.4. The van der Waals surface area contributed by atoms with Crippen LogP contribution in [0, 0.1) is 0 Å². The molecule has 0 N–H and O–H groups in total. The third-order valence-corrected chi connectivity index (χ3v) is 1.81. The van der Waals surface area contributed by atoms with E-state index in [2.05, 4.69) is 11.3 Å². The minimum Gasteiger partial charge on any atom is -0.484 e. The highest BCUT2D eigenvalue weighted by Crippen LogP contribution is 2.20. The number of hydrogen-bond acceptors (Lipinski definition) is 1. The van der Waals surface area contributed by atoms with Gasteiger partial charge in [-0.3, -0.25) is 0 Å². The van der Waals surface area contributed by atoms with E-state index in [0.29, 0.717) is 6.42 Å². The lowest BCUT2D eigenvalue weighted by atomic mass is 10.1. The molecule has 16 heavy (non-hydrogen) atoms. The summed E-state index contributed by atoms with van der Waals surface area (Å²) in [4.78, 5) is 0. The predicted octanol–water partition coefficient (Wildman–Crippen LogP) is 3.75. The topological polar surface area (TPSA) is 9.23 Å². The monoisotopic (exact) mass is 230 g/mol. The zero-order valence-corrected chi connectivity index (χ0v) is 8.97. The van der Waals surface area contributed by atoms with Gasteiger partial charge in [0.2, 0.25) is 0 Å². The molecule has 0 atom stereocenters. The molecule has 0 aliphatic heterocycles. The van der Waals surface area contributed by atoms with Gasteiger partial charge in [0.15, 0.2) is 6.61 Å². The van der Waals surface area contributed by atoms with Crippen molar-refractivity contribution < 1.29 is 17.9 Å². The fourth-order valence-corrected chi connectivity index (χ4v) is 1.26. The number of rotatable bonds is 4. The van der Waals surface area contributed by atoms with E-state index in [0.717, 1.165) is 11.1 Å². The Morgan fingerprint density at radius 2 is 2.06 bits per heavy atom. The standard InChI is InChI=1S/C12H13F3O/c1-9(2)6-10-4-3-5-11(7-10)16-8-12(13,14)15/h3-5,7H,1,6,8H2,2H3. The highest BCUT2D eigenvalue weighted by atomic mass is 19.4. The van der Waals surface area contributed by atoms with E-state index in [1.54, 1.807) is 12.1 Å². The van der Waals surface area contributed by atoms with Crippen molar-refractivity contribution in [2.75, 3.05) is 6.61 Å². The van der Waals surface area contributed by atoms with Crippen LogP contribution in [0.4, 0.5) is 13.2 Å². The number of ether oxygens (including phenoxy) is 1. The van der Waals surface area contributed by atoms with Gasteiger partial charge in [0, 0.05) is 0 Å². The molecule has 0 radical (unpaired) electrons. The lowest BCUT2D eigenvalue weighted by Gasteiger charge is -2.10. The molecule has 0 fully saturated rings. The fourth-order valence-electron chi connectivity index (χ4n) is 1.26. The molecule has 1 rings (SSSR count). The smallest absolute Gasteiger partial charge is 0.422 e. The molecular weight excluding hydrogens is 217 g/mol. The maximum Gasteiger partial charge on any atom is 0.422 e. The average Bonchev–Trinajstić information content (AvgIpc) is 2.13. The molecule has 1 aromatic rings. The van der Waals surface area contributed by atoms with Crippen LogP contribution in [-0.2, 0) is 6.42 Å². The Hall–Kier alpha value is -1.45. The zero-order chi connectivity index (χ0) is 12.2. The molecule has 0 saturated heterocycles. The Labute approximate surface area is 92.5 Å². The Balaban J connectivity index is 2.64. The first-order valence-corrected chi connectivity index (χ1v) is 4.80. The number of halogens is 3. The van der Waals surface area contributed by atoms with Gasteiger partial charge in [-0.15, -0.1) is 0 Å². The number of allylic oxidation sites excluding steroid dienone is 1. The van der Waals surface area contributed by atoms with Crippen LogP contribution in [-0.4, -0.2) is 12.8 Å². The molecule has 88 valence electrons. The van der Waals surface area contributed by atoms with E-state index < -0.39 is 12.8 Å². The molecule has 0 spiro atoms. The Kier molecular flexibility index (Phi) is 3.99. The molecular formula is C12H13F3O. The van der Waals surface area contributed by atoms with Crippen molar-refractivity contribution in [2.24, 2.45) is 0 Å². The van der Waals surface area contributed by atoms with Gasteiger partial charge in [0.1, 0.15) is 5.75 Å². The molecule has 4 heteroatoms. The second-order valence-corrected chi connectivity index (χ2v) is 3.69. The van der Waals surface area contributed by atoms with Crippen LogP contribution in [0.1, 0.15) is 12.5 Å². The van der Waals surface area contributed by atoms with Crippen molar-refractivity contribution in [1.29, 1.82) is 0 Å². The molecule has 0 unspecified atom stereocenters. The van der Waals surface area contributed by atoms with Gasteiger partial charge in [0.25, 0.3) is 0 Å². The van der Waals surface area contributed by atoms with E-state index in [-0.39, 0.29) is 5.75 Å². The van der Waals surface area contributed by atoms with E-state index >= 15 is 0 Å². The second kappa shape index (κ2) is 5.05. The maximum atomic E-state index is 11.9. The molecule has 0 heterocycles. The van der Waals surface area contributed by atoms with Crippen LogP contribution in [0.5, 0.6) is 5.75 Å². The van der Waals surface area contributed by atoms with Gasteiger partial charge in [-0.05, 0) is 31.0 Å². The van der Waals surface area contributed by atoms with Crippen molar-refractivity contribution in [1.82, 2.24) is 0 Å². The number of benzene rings is 1. The van der Waals surface area contributed by atoms with Gasteiger partial charge < -0.3 is 4.74 Å². The first-order chi connectivity index (χ1) is 7.37. The van der Waals surface area contributed by atoms with Crippen LogP contribution in [0.2, 0.25) is 0 Å². The molecule has 1 aromatic carbocycles.